The number of benzene rings is 1. The van der Waals surface area contributed by atoms with Crippen LogP contribution in [0.1, 0.15) is 48.8 Å². The quantitative estimate of drug-likeness (QED) is 0.692. The summed E-state index contributed by atoms with van der Waals surface area (Å²) in [5, 5.41) is 0. The summed E-state index contributed by atoms with van der Waals surface area (Å²) < 4.78 is 11.1. The molecule has 1 aromatic heterocycles. The Morgan fingerprint density at radius 1 is 0.967 bits per heavy atom. The van der Waals surface area contributed by atoms with Gasteiger partial charge < -0.3 is 14.4 Å². The number of ether oxygens (including phenoxy) is 2. The normalized spacial score (nSPS) is 21.5. The van der Waals surface area contributed by atoms with Crippen molar-refractivity contribution in [3.8, 4) is 11.5 Å². The Labute approximate surface area is 180 Å². The molecule has 0 spiro atoms. The minimum atomic E-state index is 0.362. The maximum Gasteiger partial charge on any atom is 0.231 e. The third-order valence-electron chi connectivity index (χ3n) is 6.97. The van der Waals surface area contributed by atoms with Crippen molar-refractivity contribution in [3.05, 3.63) is 53.3 Å². The average molecular weight is 408 g/mol. The van der Waals surface area contributed by atoms with Crippen LogP contribution in [0.15, 0.2) is 36.7 Å². The Kier molecular flexibility index (Phi) is 6.18. The van der Waals surface area contributed by atoms with E-state index < -0.39 is 0 Å². The van der Waals surface area contributed by atoms with E-state index in [1.54, 1.807) is 0 Å². The molecule has 5 rings (SSSR count). The lowest BCUT2D eigenvalue weighted by Crippen LogP contribution is -2.42. The molecule has 0 bridgehead atoms. The van der Waals surface area contributed by atoms with Gasteiger partial charge in [0.2, 0.25) is 6.79 Å². The van der Waals surface area contributed by atoms with Gasteiger partial charge in [-0.3, -0.25) is 9.88 Å². The molecule has 0 saturated carbocycles. The number of hydrogen-bond donors (Lipinski definition) is 0. The highest BCUT2D eigenvalue weighted by atomic mass is 16.7. The van der Waals surface area contributed by atoms with Crippen LogP contribution in [0.25, 0.3) is 0 Å². The number of fused-ring (bicyclic) bond motifs is 2. The van der Waals surface area contributed by atoms with E-state index in [1.807, 2.05) is 12.4 Å². The summed E-state index contributed by atoms with van der Waals surface area (Å²) in [5.74, 6) is 1.84. The molecule has 1 unspecified atom stereocenters. The van der Waals surface area contributed by atoms with E-state index in [1.165, 1.54) is 68.4 Å². The lowest BCUT2D eigenvalue weighted by atomic mass is 9.96. The Balaban J connectivity index is 1.12. The van der Waals surface area contributed by atoms with Gasteiger partial charge in [-0.05, 0) is 99.1 Å². The van der Waals surface area contributed by atoms with Gasteiger partial charge in [-0.2, -0.15) is 0 Å². The number of aromatic nitrogens is 1. The van der Waals surface area contributed by atoms with Gasteiger partial charge in [-0.1, -0.05) is 6.42 Å². The highest BCUT2D eigenvalue weighted by molar-refractivity contribution is 5.49. The zero-order chi connectivity index (χ0) is 20.2. The minimum Gasteiger partial charge on any atom is -0.454 e. The molecule has 3 aliphatic rings. The lowest BCUT2D eigenvalue weighted by Gasteiger charge is -2.38. The van der Waals surface area contributed by atoms with Crippen molar-refractivity contribution in [1.82, 2.24) is 14.8 Å². The monoisotopic (exact) mass is 407 g/mol. The molecular formula is C25H33N3O2. The van der Waals surface area contributed by atoms with Crippen molar-refractivity contribution < 1.29 is 9.47 Å². The van der Waals surface area contributed by atoms with Crippen LogP contribution in [0, 0.1) is 0 Å². The second-order valence-corrected chi connectivity index (χ2v) is 8.93. The first kappa shape index (κ1) is 19.8. The van der Waals surface area contributed by atoms with Crippen molar-refractivity contribution in [3.63, 3.8) is 0 Å². The Morgan fingerprint density at radius 3 is 2.67 bits per heavy atom. The molecule has 1 aromatic carbocycles. The maximum atomic E-state index is 5.59. The van der Waals surface area contributed by atoms with E-state index in [0.717, 1.165) is 43.5 Å². The van der Waals surface area contributed by atoms with Crippen LogP contribution in [-0.2, 0) is 19.4 Å². The molecule has 0 aliphatic carbocycles. The molecule has 1 fully saturated rings. The second kappa shape index (κ2) is 9.36. The SMILES string of the molecule is c1cc(CCCN2CCCCC2CCN2CCc3cc4c(cc3C2)OCO4)ccn1. The molecule has 4 heterocycles. The van der Waals surface area contributed by atoms with E-state index in [2.05, 4.69) is 39.0 Å². The summed E-state index contributed by atoms with van der Waals surface area (Å²) in [4.78, 5) is 9.52. The van der Waals surface area contributed by atoms with E-state index >= 15 is 0 Å². The zero-order valence-corrected chi connectivity index (χ0v) is 17.9. The largest absolute Gasteiger partial charge is 0.454 e. The van der Waals surface area contributed by atoms with Gasteiger partial charge in [-0.25, -0.2) is 0 Å². The molecule has 160 valence electrons. The first-order valence-electron chi connectivity index (χ1n) is 11.6. The summed E-state index contributed by atoms with van der Waals surface area (Å²) in [6.45, 7) is 6.24. The van der Waals surface area contributed by atoms with Crippen LogP contribution >= 0.6 is 0 Å². The molecular weight excluding hydrogens is 374 g/mol. The van der Waals surface area contributed by atoms with Crippen molar-refractivity contribution in [2.45, 2.75) is 57.5 Å². The molecule has 1 atom stereocenters. The van der Waals surface area contributed by atoms with E-state index in [0.29, 0.717) is 6.79 Å². The van der Waals surface area contributed by atoms with Crippen molar-refractivity contribution >= 4 is 0 Å². The van der Waals surface area contributed by atoms with Crippen LogP contribution in [0.5, 0.6) is 11.5 Å². The number of likely N-dealkylation sites (tertiary alicyclic amines) is 1. The molecule has 5 heteroatoms. The van der Waals surface area contributed by atoms with E-state index in [-0.39, 0.29) is 0 Å². The van der Waals surface area contributed by atoms with Gasteiger partial charge in [0, 0.05) is 31.5 Å². The van der Waals surface area contributed by atoms with Crippen LogP contribution < -0.4 is 9.47 Å². The fourth-order valence-corrected chi connectivity index (χ4v) is 5.24. The number of nitrogens with zero attached hydrogens (tertiary/aromatic N) is 3. The van der Waals surface area contributed by atoms with Crippen LogP contribution in [0.4, 0.5) is 0 Å². The van der Waals surface area contributed by atoms with Crippen LogP contribution in [0.3, 0.4) is 0 Å². The maximum absolute atomic E-state index is 5.59. The molecule has 0 N–H and O–H groups in total. The molecule has 1 saturated heterocycles. The first-order valence-corrected chi connectivity index (χ1v) is 11.6. The predicted molar refractivity (Wildman–Crippen MR) is 118 cm³/mol. The predicted octanol–water partition coefficient (Wildman–Crippen LogP) is 4.05. The Hall–Kier alpha value is -2.11. The van der Waals surface area contributed by atoms with Gasteiger partial charge >= 0.3 is 0 Å². The third kappa shape index (κ3) is 4.62. The van der Waals surface area contributed by atoms with Crippen LogP contribution in [0.2, 0.25) is 0 Å². The van der Waals surface area contributed by atoms with Gasteiger partial charge in [-0.15, -0.1) is 0 Å². The smallest absolute Gasteiger partial charge is 0.231 e. The minimum absolute atomic E-state index is 0.362. The highest BCUT2D eigenvalue weighted by Gasteiger charge is 2.25. The average Bonchev–Trinajstić information content (AvgIpc) is 3.25. The number of pyridine rings is 1. The van der Waals surface area contributed by atoms with Crippen molar-refractivity contribution in [1.29, 1.82) is 0 Å². The van der Waals surface area contributed by atoms with Crippen molar-refractivity contribution in [2.24, 2.45) is 0 Å². The highest BCUT2D eigenvalue weighted by Crippen LogP contribution is 2.36. The van der Waals surface area contributed by atoms with Crippen molar-refractivity contribution in [2.75, 3.05) is 33.0 Å². The number of aryl methyl sites for hydroxylation is 1. The van der Waals surface area contributed by atoms with Gasteiger partial charge in [0.15, 0.2) is 11.5 Å². The van der Waals surface area contributed by atoms with E-state index in [9.17, 15) is 0 Å². The standard InChI is InChI=1S/C25H33N3O2/c1-2-12-28(13-3-4-20-6-10-26-11-7-20)23(5-1)9-15-27-14-8-21-16-24-25(30-19-29-24)17-22(21)18-27/h6-7,10-11,16-17,23H,1-5,8-9,12-15,18-19H2. The Bertz CT molecular complexity index is 842. The fourth-order valence-electron chi connectivity index (χ4n) is 5.24. The van der Waals surface area contributed by atoms with E-state index in [4.69, 9.17) is 9.47 Å². The summed E-state index contributed by atoms with van der Waals surface area (Å²) >= 11 is 0. The molecule has 5 nitrogen and oxygen atoms in total. The fraction of sp³-hybridized carbons (Fsp3) is 0.560. The number of piperidine rings is 1. The molecule has 0 amide bonds. The number of hydrogen-bond acceptors (Lipinski definition) is 5. The second-order valence-electron chi connectivity index (χ2n) is 8.93. The molecule has 2 aromatic rings. The topological polar surface area (TPSA) is 37.8 Å². The molecule has 3 aliphatic heterocycles. The molecule has 30 heavy (non-hydrogen) atoms. The lowest BCUT2D eigenvalue weighted by molar-refractivity contribution is 0.121. The summed E-state index contributed by atoms with van der Waals surface area (Å²) in [7, 11) is 0. The number of rotatable bonds is 7. The summed E-state index contributed by atoms with van der Waals surface area (Å²) in [6, 6.07) is 9.44. The molecule has 0 radical (unpaired) electrons. The van der Waals surface area contributed by atoms with Gasteiger partial charge in [0.25, 0.3) is 0 Å². The zero-order valence-electron chi connectivity index (χ0n) is 17.9. The van der Waals surface area contributed by atoms with Crippen LogP contribution in [-0.4, -0.2) is 53.8 Å². The first-order chi connectivity index (χ1) is 14.8. The third-order valence-corrected chi connectivity index (χ3v) is 6.97. The summed E-state index contributed by atoms with van der Waals surface area (Å²) in [5.41, 5.74) is 4.26. The Morgan fingerprint density at radius 2 is 1.80 bits per heavy atom. The van der Waals surface area contributed by atoms with Gasteiger partial charge in [0.1, 0.15) is 0 Å². The van der Waals surface area contributed by atoms with Gasteiger partial charge in [0.05, 0.1) is 0 Å². The summed E-state index contributed by atoms with van der Waals surface area (Å²) in [6.07, 6.45) is 12.7.